The number of para-hydroxylation sites is 1. The van der Waals surface area contributed by atoms with Gasteiger partial charge < -0.3 is 9.47 Å². The highest BCUT2D eigenvalue weighted by atomic mass is 35.5. The molecule has 0 radical (unpaired) electrons. The van der Waals surface area contributed by atoms with Crippen molar-refractivity contribution in [3.63, 3.8) is 0 Å². The van der Waals surface area contributed by atoms with Crippen LogP contribution in [0.25, 0.3) is 6.08 Å². The maximum absolute atomic E-state index is 12.1. The van der Waals surface area contributed by atoms with Crippen LogP contribution in [0.15, 0.2) is 59.2 Å². The fourth-order valence-corrected chi connectivity index (χ4v) is 2.41. The van der Waals surface area contributed by atoms with Gasteiger partial charge in [0.2, 0.25) is 5.90 Å². The number of rotatable bonds is 4. The highest BCUT2D eigenvalue weighted by molar-refractivity contribution is 6.34. The van der Waals surface area contributed by atoms with Gasteiger partial charge >= 0.3 is 5.97 Å². The summed E-state index contributed by atoms with van der Waals surface area (Å²) in [5, 5.41) is 0.481. The van der Waals surface area contributed by atoms with E-state index in [9.17, 15) is 4.79 Å². The molecule has 2 aromatic rings. The number of ether oxygens (including phenoxy) is 2. The van der Waals surface area contributed by atoms with Crippen molar-refractivity contribution in [3.8, 4) is 5.75 Å². The van der Waals surface area contributed by atoms with Crippen LogP contribution in [0, 0.1) is 0 Å². The van der Waals surface area contributed by atoms with Crippen molar-refractivity contribution in [1.82, 2.24) is 0 Å². The first-order chi connectivity index (χ1) is 11.2. The Balaban J connectivity index is 1.98. The second kappa shape index (κ2) is 6.67. The highest BCUT2D eigenvalue weighted by Crippen LogP contribution is 2.26. The van der Waals surface area contributed by atoms with Crippen LogP contribution < -0.4 is 4.74 Å². The van der Waals surface area contributed by atoms with Crippen LogP contribution in [0.1, 0.15) is 18.1 Å². The van der Waals surface area contributed by atoms with Crippen LogP contribution in [-0.2, 0) is 9.53 Å². The van der Waals surface area contributed by atoms with Crippen LogP contribution >= 0.6 is 11.6 Å². The van der Waals surface area contributed by atoms with E-state index in [0.717, 1.165) is 5.56 Å². The number of carbonyl (C=O) groups is 1. The normalized spacial score (nSPS) is 15.5. The summed E-state index contributed by atoms with van der Waals surface area (Å²) in [4.78, 5) is 16.3. The minimum atomic E-state index is -0.508. The van der Waals surface area contributed by atoms with E-state index in [1.165, 1.54) is 0 Å². The molecule has 0 atom stereocenters. The summed E-state index contributed by atoms with van der Waals surface area (Å²) in [7, 11) is 0. The number of nitrogens with zero attached hydrogens (tertiary/aromatic N) is 1. The van der Waals surface area contributed by atoms with Gasteiger partial charge in [0.25, 0.3) is 0 Å². The lowest BCUT2D eigenvalue weighted by Gasteiger charge is -2.06. The van der Waals surface area contributed by atoms with Gasteiger partial charge in [-0.2, -0.15) is 0 Å². The quantitative estimate of drug-likeness (QED) is 0.628. The average Bonchev–Trinajstić information content (AvgIpc) is 2.91. The molecular weight excluding hydrogens is 314 g/mol. The van der Waals surface area contributed by atoms with E-state index >= 15 is 0 Å². The number of benzene rings is 2. The van der Waals surface area contributed by atoms with Gasteiger partial charge in [-0.05, 0) is 31.2 Å². The molecule has 1 aliphatic rings. The summed E-state index contributed by atoms with van der Waals surface area (Å²) in [5.74, 6) is 0.392. The largest absolute Gasteiger partial charge is 0.493 e. The predicted octanol–water partition coefficient (Wildman–Crippen LogP) is 4.08. The van der Waals surface area contributed by atoms with Gasteiger partial charge in [-0.3, -0.25) is 0 Å². The van der Waals surface area contributed by atoms with Crippen molar-refractivity contribution in [3.05, 3.63) is 70.4 Å². The Morgan fingerprint density at radius 1 is 1.17 bits per heavy atom. The number of halogens is 1. The lowest BCUT2D eigenvalue weighted by atomic mass is 10.1. The van der Waals surface area contributed by atoms with Crippen molar-refractivity contribution in [2.75, 3.05) is 6.61 Å². The molecule has 2 aromatic carbocycles. The van der Waals surface area contributed by atoms with Gasteiger partial charge in [0, 0.05) is 5.56 Å². The van der Waals surface area contributed by atoms with Crippen LogP contribution in [0.3, 0.4) is 0 Å². The molecular formula is C18H14ClNO3. The molecule has 0 N–H and O–H groups in total. The average molecular weight is 328 g/mol. The molecule has 3 rings (SSSR count). The molecule has 23 heavy (non-hydrogen) atoms. The molecule has 0 aliphatic carbocycles. The van der Waals surface area contributed by atoms with Gasteiger partial charge in [0.1, 0.15) is 5.75 Å². The molecule has 5 heteroatoms. The summed E-state index contributed by atoms with van der Waals surface area (Å²) in [5.41, 5.74) is 1.57. The Morgan fingerprint density at radius 2 is 1.91 bits per heavy atom. The Morgan fingerprint density at radius 3 is 2.70 bits per heavy atom. The Kier molecular flexibility index (Phi) is 4.44. The van der Waals surface area contributed by atoms with Crippen LogP contribution in [-0.4, -0.2) is 18.5 Å². The van der Waals surface area contributed by atoms with Gasteiger partial charge in [-0.25, -0.2) is 9.79 Å². The van der Waals surface area contributed by atoms with Crippen molar-refractivity contribution in [2.45, 2.75) is 6.92 Å². The zero-order valence-corrected chi connectivity index (χ0v) is 13.2. The number of cyclic esters (lactones) is 1. The fraction of sp³-hybridized carbons (Fsp3) is 0.111. The van der Waals surface area contributed by atoms with Gasteiger partial charge in [-0.1, -0.05) is 41.9 Å². The van der Waals surface area contributed by atoms with Crippen molar-refractivity contribution < 1.29 is 14.3 Å². The van der Waals surface area contributed by atoms with Gasteiger partial charge in [-0.15, -0.1) is 0 Å². The van der Waals surface area contributed by atoms with Crippen LogP contribution in [0.4, 0.5) is 0 Å². The van der Waals surface area contributed by atoms with E-state index in [1.807, 2.05) is 37.3 Å². The molecule has 1 heterocycles. The Bertz CT molecular complexity index is 811. The Hall–Kier alpha value is -2.59. The molecule has 0 fully saturated rings. The number of esters is 1. The summed E-state index contributed by atoms with van der Waals surface area (Å²) in [6, 6.07) is 14.5. The zero-order chi connectivity index (χ0) is 16.2. The standard InChI is InChI=1S/C18H14ClNO3/c1-2-22-16-10-6-3-7-12(16)11-15-18(21)23-17(20-15)13-8-4-5-9-14(13)19/h3-11H,2H2,1H3/b15-11+. The predicted molar refractivity (Wildman–Crippen MR) is 89.7 cm³/mol. The van der Waals surface area contributed by atoms with Crippen molar-refractivity contribution in [2.24, 2.45) is 4.99 Å². The molecule has 4 nitrogen and oxygen atoms in total. The number of hydrogen-bond acceptors (Lipinski definition) is 4. The molecule has 0 aromatic heterocycles. The summed E-state index contributed by atoms with van der Waals surface area (Å²) in [6.07, 6.45) is 1.65. The van der Waals surface area contributed by atoms with Crippen molar-refractivity contribution >= 4 is 29.5 Å². The first-order valence-corrected chi connectivity index (χ1v) is 7.56. The second-order valence-electron chi connectivity index (χ2n) is 4.79. The van der Waals surface area contributed by atoms with E-state index in [0.29, 0.717) is 22.9 Å². The van der Waals surface area contributed by atoms with E-state index < -0.39 is 5.97 Å². The highest BCUT2D eigenvalue weighted by Gasteiger charge is 2.25. The third kappa shape index (κ3) is 3.27. The minimum Gasteiger partial charge on any atom is -0.493 e. The van der Waals surface area contributed by atoms with Gasteiger partial charge in [0.15, 0.2) is 5.70 Å². The molecule has 0 unspecified atom stereocenters. The Labute approximate surface area is 139 Å². The summed E-state index contributed by atoms with van der Waals surface area (Å²) in [6.45, 7) is 2.44. The molecule has 0 amide bonds. The van der Waals surface area contributed by atoms with Crippen LogP contribution in [0.5, 0.6) is 5.75 Å². The van der Waals surface area contributed by atoms with Crippen LogP contribution in [0.2, 0.25) is 5.02 Å². The first-order valence-electron chi connectivity index (χ1n) is 7.18. The molecule has 116 valence electrons. The molecule has 1 aliphatic heterocycles. The maximum atomic E-state index is 12.1. The number of hydrogen-bond donors (Lipinski definition) is 0. The molecule has 0 saturated heterocycles. The van der Waals surface area contributed by atoms with E-state index in [4.69, 9.17) is 21.1 Å². The SMILES string of the molecule is CCOc1ccccc1/C=C1/N=C(c2ccccc2Cl)OC1=O. The monoisotopic (exact) mass is 327 g/mol. The zero-order valence-electron chi connectivity index (χ0n) is 12.5. The minimum absolute atomic E-state index is 0.209. The van der Waals surface area contributed by atoms with E-state index in [2.05, 4.69) is 4.99 Å². The van der Waals surface area contributed by atoms with E-state index in [-0.39, 0.29) is 11.6 Å². The molecule has 0 bridgehead atoms. The third-order valence-electron chi connectivity index (χ3n) is 3.24. The lowest BCUT2D eigenvalue weighted by molar-refractivity contribution is -0.129. The molecule has 0 saturated carbocycles. The maximum Gasteiger partial charge on any atom is 0.363 e. The summed E-state index contributed by atoms with van der Waals surface area (Å²) >= 11 is 6.11. The van der Waals surface area contributed by atoms with E-state index in [1.54, 1.807) is 24.3 Å². The van der Waals surface area contributed by atoms with Gasteiger partial charge in [0.05, 0.1) is 17.2 Å². The molecule has 0 spiro atoms. The summed E-state index contributed by atoms with van der Waals surface area (Å²) < 4.78 is 10.8. The second-order valence-corrected chi connectivity index (χ2v) is 5.19. The smallest absolute Gasteiger partial charge is 0.363 e. The third-order valence-corrected chi connectivity index (χ3v) is 3.57. The number of carbonyl (C=O) groups excluding carboxylic acids is 1. The lowest BCUT2D eigenvalue weighted by Crippen LogP contribution is -2.05. The first kappa shape index (κ1) is 15.3. The van der Waals surface area contributed by atoms with Crippen molar-refractivity contribution in [1.29, 1.82) is 0 Å². The fourth-order valence-electron chi connectivity index (χ4n) is 2.19. The number of aliphatic imine (C=N–C) groups is 1. The topological polar surface area (TPSA) is 47.9 Å².